The molecule has 2 atom stereocenters. The smallest absolute Gasteiger partial charge is 0.0193 e. The van der Waals surface area contributed by atoms with Crippen LogP contribution in [0.4, 0.5) is 0 Å². The molecule has 2 fully saturated rings. The highest BCUT2D eigenvalue weighted by molar-refractivity contribution is 4.92. The molecule has 2 aliphatic rings. The van der Waals surface area contributed by atoms with Crippen molar-refractivity contribution >= 4 is 0 Å². The van der Waals surface area contributed by atoms with Gasteiger partial charge in [0.2, 0.25) is 0 Å². The van der Waals surface area contributed by atoms with E-state index >= 15 is 0 Å². The van der Waals surface area contributed by atoms with Crippen LogP contribution in [-0.4, -0.2) is 36.6 Å². The predicted octanol–water partition coefficient (Wildman–Crippen LogP) is 3.28. The first-order valence-corrected chi connectivity index (χ1v) is 7.98. The Hall–Kier alpha value is -0.0800. The van der Waals surface area contributed by atoms with Crippen molar-refractivity contribution in [3.05, 3.63) is 0 Å². The van der Waals surface area contributed by atoms with Gasteiger partial charge in [0.15, 0.2) is 0 Å². The van der Waals surface area contributed by atoms with Crippen LogP contribution in [0, 0.1) is 11.3 Å². The van der Waals surface area contributed by atoms with Crippen molar-refractivity contribution in [1.29, 1.82) is 0 Å². The Bertz CT molecular complexity index is 256. The van der Waals surface area contributed by atoms with E-state index in [-0.39, 0.29) is 0 Å². The van der Waals surface area contributed by atoms with E-state index in [1.54, 1.807) is 0 Å². The second kappa shape index (κ2) is 5.92. The first kappa shape index (κ1) is 14.3. The largest absolute Gasteiger partial charge is 0.311 e. The van der Waals surface area contributed by atoms with E-state index in [0.717, 1.165) is 5.92 Å². The maximum absolute atomic E-state index is 3.60. The molecule has 2 heteroatoms. The van der Waals surface area contributed by atoms with Gasteiger partial charge in [0.05, 0.1) is 0 Å². The summed E-state index contributed by atoms with van der Waals surface area (Å²) in [5, 5.41) is 3.60. The fraction of sp³-hybridized carbons (Fsp3) is 1.00. The van der Waals surface area contributed by atoms with E-state index in [1.807, 2.05) is 0 Å². The molecular formula is C16H32N2. The lowest BCUT2D eigenvalue weighted by Gasteiger charge is -2.43. The first-order chi connectivity index (χ1) is 8.51. The fourth-order valence-corrected chi connectivity index (χ4v) is 4.17. The Labute approximate surface area is 114 Å². The topological polar surface area (TPSA) is 15.3 Å². The molecule has 1 heterocycles. The molecular weight excluding hydrogens is 220 g/mol. The Kier molecular flexibility index (Phi) is 4.71. The van der Waals surface area contributed by atoms with Gasteiger partial charge in [-0.05, 0) is 44.4 Å². The van der Waals surface area contributed by atoms with E-state index in [1.165, 1.54) is 51.7 Å². The minimum atomic E-state index is 0.638. The molecule has 0 bridgehead atoms. The average molecular weight is 252 g/mol. The lowest BCUT2D eigenvalue weighted by atomic mass is 9.77. The summed E-state index contributed by atoms with van der Waals surface area (Å²) >= 11 is 0. The van der Waals surface area contributed by atoms with E-state index in [0.29, 0.717) is 17.5 Å². The van der Waals surface area contributed by atoms with Crippen molar-refractivity contribution in [3.63, 3.8) is 0 Å². The highest BCUT2D eigenvalue weighted by Crippen LogP contribution is 2.44. The van der Waals surface area contributed by atoms with E-state index < -0.39 is 0 Å². The third-order valence-electron chi connectivity index (χ3n) is 4.94. The molecule has 1 N–H and O–H groups in total. The SMILES string of the molecule is CC(C)CC1(CN2CC(C)NCC2C)CCCC1. The molecule has 2 unspecified atom stereocenters. The average Bonchev–Trinajstić information content (AvgIpc) is 2.71. The van der Waals surface area contributed by atoms with Crippen LogP contribution >= 0.6 is 0 Å². The molecule has 1 aliphatic carbocycles. The predicted molar refractivity (Wildman–Crippen MR) is 78.9 cm³/mol. The van der Waals surface area contributed by atoms with Crippen LogP contribution in [0.3, 0.4) is 0 Å². The van der Waals surface area contributed by atoms with Crippen LogP contribution in [0.25, 0.3) is 0 Å². The monoisotopic (exact) mass is 252 g/mol. The quantitative estimate of drug-likeness (QED) is 0.826. The summed E-state index contributed by atoms with van der Waals surface area (Å²) in [6, 6.07) is 1.38. The van der Waals surface area contributed by atoms with Crippen LogP contribution in [-0.2, 0) is 0 Å². The Morgan fingerprint density at radius 1 is 1.22 bits per heavy atom. The van der Waals surface area contributed by atoms with Crippen molar-refractivity contribution < 1.29 is 0 Å². The molecule has 1 aliphatic heterocycles. The Morgan fingerprint density at radius 3 is 2.50 bits per heavy atom. The lowest BCUT2D eigenvalue weighted by Crippen LogP contribution is -2.56. The fourth-order valence-electron chi connectivity index (χ4n) is 4.17. The summed E-state index contributed by atoms with van der Waals surface area (Å²) in [4.78, 5) is 2.76. The zero-order valence-electron chi connectivity index (χ0n) is 12.8. The van der Waals surface area contributed by atoms with Gasteiger partial charge in [-0.15, -0.1) is 0 Å². The molecule has 2 nitrogen and oxygen atoms in total. The van der Waals surface area contributed by atoms with Gasteiger partial charge in [-0.25, -0.2) is 0 Å². The van der Waals surface area contributed by atoms with Gasteiger partial charge >= 0.3 is 0 Å². The van der Waals surface area contributed by atoms with Gasteiger partial charge in [0, 0.05) is 31.7 Å². The molecule has 106 valence electrons. The third kappa shape index (κ3) is 3.48. The minimum Gasteiger partial charge on any atom is -0.311 e. The van der Waals surface area contributed by atoms with Crippen LogP contribution in [0.15, 0.2) is 0 Å². The molecule has 18 heavy (non-hydrogen) atoms. The standard InChI is InChI=1S/C16H32N2/c1-13(2)9-16(7-5-6-8-16)12-18-11-14(3)17-10-15(18)4/h13-15,17H,5-12H2,1-4H3. The molecule has 0 spiro atoms. The maximum atomic E-state index is 3.60. The number of nitrogens with zero attached hydrogens (tertiary/aromatic N) is 1. The van der Waals surface area contributed by atoms with E-state index in [2.05, 4.69) is 37.9 Å². The maximum Gasteiger partial charge on any atom is 0.0193 e. The molecule has 0 radical (unpaired) electrons. The molecule has 1 saturated heterocycles. The Morgan fingerprint density at radius 2 is 1.89 bits per heavy atom. The van der Waals surface area contributed by atoms with Crippen molar-refractivity contribution in [2.45, 2.75) is 71.9 Å². The van der Waals surface area contributed by atoms with Crippen LogP contribution in [0.5, 0.6) is 0 Å². The zero-order valence-corrected chi connectivity index (χ0v) is 12.8. The van der Waals surface area contributed by atoms with Crippen molar-refractivity contribution in [3.8, 4) is 0 Å². The van der Waals surface area contributed by atoms with Gasteiger partial charge in [0.1, 0.15) is 0 Å². The summed E-state index contributed by atoms with van der Waals surface area (Å²) in [5.41, 5.74) is 0.638. The molecule has 0 aromatic heterocycles. The van der Waals surface area contributed by atoms with Crippen LogP contribution in [0.1, 0.15) is 59.8 Å². The molecule has 0 aromatic carbocycles. The normalized spacial score (nSPS) is 33.2. The molecule has 1 saturated carbocycles. The van der Waals surface area contributed by atoms with E-state index in [4.69, 9.17) is 0 Å². The number of piperazine rings is 1. The highest BCUT2D eigenvalue weighted by atomic mass is 15.2. The second-order valence-corrected chi connectivity index (χ2v) is 7.39. The molecule has 0 amide bonds. The second-order valence-electron chi connectivity index (χ2n) is 7.39. The van der Waals surface area contributed by atoms with Crippen molar-refractivity contribution in [2.75, 3.05) is 19.6 Å². The van der Waals surface area contributed by atoms with Crippen LogP contribution < -0.4 is 5.32 Å². The highest BCUT2D eigenvalue weighted by Gasteiger charge is 2.37. The summed E-state index contributed by atoms with van der Waals surface area (Å²) < 4.78 is 0. The third-order valence-corrected chi connectivity index (χ3v) is 4.94. The first-order valence-electron chi connectivity index (χ1n) is 7.98. The number of hydrogen-bond acceptors (Lipinski definition) is 2. The summed E-state index contributed by atoms with van der Waals surface area (Å²) in [5.74, 6) is 0.846. The molecule has 0 aromatic rings. The lowest BCUT2D eigenvalue weighted by molar-refractivity contribution is 0.0704. The van der Waals surface area contributed by atoms with Crippen LogP contribution in [0.2, 0.25) is 0 Å². The zero-order chi connectivity index (χ0) is 13.2. The van der Waals surface area contributed by atoms with Gasteiger partial charge in [-0.3, -0.25) is 4.90 Å². The summed E-state index contributed by atoms with van der Waals surface area (Å²) in [6.07, 6.45) is 7.29. The van der Waals surface area contributed by atoms with Gasteiger partial charge in [-0.2, -0.15) is 0 Å². The van der Waals surface area contributed by atoms with Crippen molar-refractivity contribution in [2.24, 2.45) is 11.3 Å². The molecule has 2 rings (SSSR count). The minimum absolute atomic E-state index is 0.638. The van der Waals surface area contributed by atoms with Gasteiger partial charge in [-0.1, -0.05) is 26.7 Å². The Balaban J connectivity index is 1.99. The van der Waals surface area contributed by atoms with Gasteiger partial charge < -0.3 is 5.32 Å². The number of rotatable bonds is 4. The van der Waals surface area contributed by atoms with E-state index in [9.17, 15) is 0 Å². The summed E-state index contributed by atoms with van der Waals surface area (Å²) in [7, 11) is 0. The number of hydrogen-bond donors (Lipinski definition) is 1. The summed E-state index contributed by atoms with van der Waals surface area (Å²) in [6.45, 7) is 13.2. The number of nitrogens with one attached hydrogen (secondary N) is 1. The van der Waals surface area contributed by atoms with Gasteiger partial charge in [0.25, 0.3) is 0 Å². The van der Waals surface area contributed by atoms with Crippen molar-refractivity contribution in [1.82, 2.24) is 10.2 Å².